The summed E-state index contributed by atoms with van der Waals surface area (Å²) in [7, 11) is 0. The summed E-state index contributed by atoms with van der Waals surface area (Å²) in [5, 5.41) is 8.78. The average Bonchev–Trinajstić information content (AvgIpc) is 2.77. The fourth-order valence-electron chi connectivity index (χ4n) is 1.82. The number of carbonyl (C=O) groups is 1. The molecule has 98 valence electrons. The number of rotatable bonds is 1. The molecule has 1 aromatic carbocycles. The van der Waals surface area contributed by atoms with Gasteiger partial charge in [-0.05, 0) is 12.5 Å². The number of hydrogen-bond acceptors (Lipinski definition) is 2. The van der Waals surface area contributed by atoms with Crippen molar-refractivity contribution in [3.8, 4) is 5.75 Å². The van der Waals surface area contributed by atoms with Gasteiger partial charge in [0.2, 0.25) is 5.82 Å². The van der Waals surface area contributed by atoms with E-state index < -0.39 is 34.7 Å². The summed E-state index contributed by atoms with van der Waals surface area (Å²) < 4.78 is 39.4. The van der Waals surface area contributed by atoms with Gasteiger partial charge in [-0.25, -0.2) is 8.78 Å². The van der Waals surface area contributed by atoms with Crippen molar-refractivity contribution >= 4 is 17.5 Å². The highest BCUT2D eigenvalue weighted by Gasteiger charge is 2.30. The van der Waals surface area contributed by atoms with E-state index >= 15 is 0 Å². The highest BCUT2D eigenvalue weighted by Crippen LogP contribution is 2.27. The summed E-state index contributed by atoms with van der Waals surface area (Å²) in [4.78, 5) is 13.1. The van der Waals surface area contributed by atoms with Crippen LogP contribution in [0.5, 0.6) is 5.75 Å². The topological polar surface area (TPSA) is 40.5 Å². The fourth-order valence-corrected chi connectivity index (χ4v) is 2.08. The van der Waals surface area contributed by atoms with Crippen molar-refractivity contribution in [1.29, 1.82) is 0 Å². The van der Waals surface area contributed by atoms with Crippen LogP contribution in [0, 0.1) is 17.5 Å². The zero-order valence-corrected chi connectivity index (χ0v) is 9.85. The molecule has 0 radical (unpaired) electrons. The Morgan fingerprint density at radius 3 is 2.61 bits per heavy atom. The summed E-state index contributed by atoms with van der Waals surface area (Å²) in [6.07, 6.45) is 0.546. The number of nitrogens with zero attached hydrogens (tertiary/aromatic N) is 1. The van der Waals surface area contributed by atoms with Crippen LogP contribution < -0.4 is 0 Å². The van der Waals surface area contributed by atoms with Crippen molar-refractivity contribution in [3.63, 3.8) is 0 Å². The number of likely N-dealkylation sites (tertiary alicyclic amines) is 1. The number of hydrogen-bond donors (Lipinski definition) is 1. The molecule has 1 aliphatic heterocycles. The van der Waals surface area contributed by atoms with E-state index in [1.165, 1.54) is 4.90 Å². The highest BCUT2D eigenvalue weighted by atomic mass is 35.5. The molecule has 3 nitrogen and oxygen atoms in total. The third kappa shape index (κ3) is 2.12. The molecule has 1 N–H and O–H groups in total. The lowest BCUT2D eigenvalue weighted by Crippen LogP contribution is -2.29. The number of benzene rings is 1. The Morgan fingerprint density at radius 1 is 1.39 bits per heavy atom. The number of aromatic hydroxyl groups is 1. The van der Waals surface area contributed by atoms with Gasteiger partial charge in [-0.2, -0.15) is 4.39 Å². The van der Waals surface area contributed by atoms with E-state index in [9.17, 15) is 18.0 Å². The Hall–Kier alpha value is -1.43. The number of carbonyl (C=O) groups excluding carboxylic acids is 1. The Bertz CT molecular complexity index is 510. The maximum atomic E-state index is 13.5. The number of alkyl halides is 1. The van der Waals surface area contributed by atoms with Crippen LogP contribution in [-0.2, 0) is 0 Å². The molecule has 1 atom stereocenters. The maximum Gasteiger partial charge on any atom is 0.257 e. The summed E-state index contributed by atoms with van der Waals surface area (Å²) in [6, 6.07) is 0.439. The lowest BCUT2D eigenvalue weighted by Gasteiger charge is -2.16. The molecule has 0 aromatic heterocycles. The third-order valence-electron chi connectivity index (χ3n) is 2.78. The zero-order valence-electron chi connectivity index (χ0n) is 9.09. The van der Waals surface area contributed by atoms with Gasteiger partial charge in [-0.15, -0.1) is 11.6 Å². The average molecular weight is 280 g/mol. The van der Waals surface area contributed by atoms with E-state index in [2.05, 4.69) is 0 Å². The lowest BCUT2D eigenvalue weighted by atomic mass is 10.1. The second-order valence-corrected chi connectivity index (χ2v) is 4.64. The Morgan fingerprint density at radius 2 is 2.06 bits per heavy atom. The van der Waals surface area contributed by atoms with E-state index in [1.807, 2.05) is 0 Å². The molecule has 0 aliphatic carbocycles. The van der Waals surface area contributed by atoms with Gasteiger partial charge in [-0.1, -0.05) is 0 Å². The van der Waals surface area contributed by atoms with E-state index in [0.29, 0.717) is 19.0 Å². The summed E-state index contributed by atoms with van der Waals surface area (Å²) in [5.74, 6) is -6.94. The normalized spacial score (nSPS) is 19.3. The van der Waals surface area contributed by atoms with Crippen molar-refractivity contribution in [2.75, 3.05) is 13.1 Å². The second kappa shape index (κ2) is 4.68. The van der Waals surface area contributed by atoms with Gasteiger partial charge < -0.3 is 10.0 Å². The predicted molar refractivity (Wildman–Crippen MR) is 58.1 cm³/mol. The van der Waals surface area contributed by atoms with Gasteiger partial charge in [0, 0.05) is 13.1 Å². The minimum Gasteiger partial charge on any atom is -0.503 e. The van der Waals surface area contributed by atoms with Crippen LogP contribution in [0.1, 0.15) is 16.8 Å². The summed E-state index contributed by atoms with van der Waals surface area (Å²) >= 11 is 5.79. The first-order chi connectivity index (χ1) is 8.41. The molecule has 7 heteroatoms. The van der Waals surface area contributed by atoms with Crippen molar-refractivity contribution in [3.05, 3.63) is 29.1 Å². The number of phenolic OH excluding ortho intramolecular Hbond substituents is 1. The van der Waals surface area contributed by atoms with Gasteiger partial charge in [0.25, 0.3) is 5.91 Å². The number of phenols is 1. The molecule has 0 bridgehead atoms. The van der Waals surface area contributed by atoms with Gasteiger partial charge in [-0.3, -0.25) is 4.79 Å². The quantitative estimate of drug-likeness (QED) is 0.633. The Balaban J connectivity index is 2.37. The summed E-state index contributed by atoms with van der Waals surface area (Å²) in [6.45, 7) is 0.520. The summed E-state index contributed by atoms with van der Waals surface area (Å²) in [5.41, 5.74) is -0.697. The molecule has 2 rings (SSSR count). The lowest BCUT2D eigenvalue weighted by molar-refractivity contribution is 0.0786. The van der Waals surface area contributed by atoms with Crippen LogP contribution in [0.15, 0.2) is 6.07 Å². The zero-order chi connectivity index (χ0) is 13.4. The van der Waals surface area contributed by atoms with Crippen molar-refractivity contribution < 1.29 is 23.1 Å². The van der Waals surface area contributed by atoms with Gasteiger partial charge >= 0.3 is 0 Å². The fraction of sp³-hybridized carbons (Fsp3) is 0.364. The van der Waals surface area contributed by atoms with Gasteiger partial charge in [0.1, 0.15) is 0 Å². The standard InChI is InChI=1S/C11H9ClF3NO2/c12-5-1-2-16(4-5)11(18)6-3-7(13)9(15)10(17)8(6)14/h3,5,17H,1-2,4H2. The van der Waals surface area contributed by atoms with Crippen molar-refractivity contribution in [1.82, 2.24) is 4.90 Å². The first kappa shape index (κ1) is 13.0. The maximum absolute atomic E-state index is 13.5. The molecular weight excluding hydrogens is 271 g/mol. The van der Waals surface area contributed by atoms with Crippen LogP contribution in [-0.4, -0.2) is 34.4 Å². The Kier molecular flexibility index (Phi) is 3.38. The molecule has 1 saturated heterocycles. The van der Waals surface area contributed by atoms with Crippen LogP contribution in [0.3, 0.4) is 0 Å². The van der Waals surface area contributed by atoms with Gasteiger partial charge in [0.15, 0.2) is 17.4 Å². The predicted octanol–water partition coefficient (Wildman–Crippen LogP) is 2.26. The van der Waals surface area contributed by atoms with Crippen LogP contribution in [0.25, 0.3) is 0 Å². The van der Waals surface area contributed by atoms with Gasteiger partial charge in [0.05, 0.1) is 10.9 Å². The molecule has 1 aliphatic rings. The molecule has 1 fully saturated rings. The number of amides is 1. The van der Waals surface area contributed by atoms with Crippen LogP contribution in [0.4, 0.5) is 13.2 Å². The Labute approximate surface area is 106 Å². The first-order valence-corrected chi connectivity index (χ1v) is 5.65. The minimum absolute atomic E-state index is 0.208. The molecule has 18 heavy (non-hydrogen) atoms. The number of halogens is 4. The molecule has 0 saturated carbocycles. The van der Waals surface area contributed by atoms with E-state index in [-0.39, 0.29) is 11.9 Å². The van der Waals surface area contributed by atoms with Crippen LogP contribution >= 0.6 is 11.6 Å². The molecule has 1 amide bonds. The second-order valence-electron chi connectivity index (χ2n) is 4.02. The van der Waals surface area contributed by atoms with E-state index in [0.717, 1.165) is 0 Å². The molecule has 0 spiro atoms. The molecule has 1 heterocycles. The van der Waals surface area contributed by atoms with E-state index in [4.69, 9.17) is 16.7 Å². The molecular formula is C11H9ClF3NO2. The highest BCUT2D eigenvalue weighted by molar-refractivity contribution is 6.21. The van der Waals surface area contributed by atoms with Crippen molar-refractivity contribution in [2.24, 2.45) is 0 Å². The molecule has 1 unspecified atom stereocenters. The minimum atomic E-state index is -1.71. The first-order valence-electron chi connectivity index (χ1n) is 5.21. The SMILES string of the molecule is O=C(c1cc(F)c(F)c(O)c1F)N1CCC(Cl)C1. The largest absolute Gasteiger partial charge is 0.503 e. The van der Waals surface area contributed by atoms with Crippen LogP contribution in [0.2, 0.25) is 0 Å². The van der Waals surface area contributed by atoms with Crippen molar-refractivity contribution in [2.45, 2.75) is 11.8 Å². The van der Waals surface area contributed by atoms with E-state index in [1.54, 1.807) is 0 Å². The molecule has 1 aromatic rings. The third-order valence-corrected chi connectivity index (χ3v) is 3.14. The monoisotopic (exact) mass is 279 g/mol. The smallest absolute Gasteiger partial charge is 0.257 e.